The summed E-state index contributed by atoms with van der Waals surface area (Å²) in [5.74, 6) is 0.899. The van der Waals surface area contributed by atoms with E-state index in [1.807, 2.05) is 13.8 Å². The van der Waals surface area contributed by atoms with Gasteiger partial charge in [-0.1, -0.05) is 30.6 Å². The monoisotopic (exact) mass is 430 g/mol. The van der Waals surface area contributed by atoms with E-state index < -0.39 is 6.04 Å². The Morgan fingerprint density at radius 3 is 2.63 bits per heavy atom. The number of hydrogen-bond donors (Lipinski definition) is 3. The summed E-state index contributed by atoms with van der Waals surface area (Å²) in [5.41, 5.74) is 0.770. The number of aromatic nitrogens is 4. The molecule has 0 saturated carbocycles. The molecule has 3 aromatic rings. The molecule has 0 saturated heterocycles. The number of amides is 2. The number of nitrogens with zero attached hydrogens (tertiary/aromatic N) is 3. The zero-order chi connectivity index (χ0) is 21.5. The summed E-state index contributed by atoms with van der Waals surface area (Å²) in [6.45, 7) is 3.97. The molecule has 0 fully saturated rings. The molecular weight excluding hydrogens is 408 g/mol. The van der Waals surface area contributed by atoms with Crippen LogP contribution < -0.4 is 10.6 Å². The van der Waals surface area contributed by atoms with E-state index in [1.165, 1.54) is 6.20 Å². The number of anilines is 1. The number of H-pyrrole nitrogens is 1. The number of carbonyl (C=O) groups is 2. The predicted octanol–water partition coefficient (Wildman–Crippen LogP) is 3.22. The van der Waals surface area contributed by atoms with Crippen molar-refractivity contribution >= 4 is 29.2 Å². The van der Waals surface area contributed by atoms with Gasteiger partial charge in [-0.05, 0) is 36.6 Å². The lowest BCUT2D eigenvalue weighted by Crippen LogP contribution is -2.44. The van der Waals surface area contributed by atoms with E-state index in [-0.39, 0.29) is 30.6 Å². The van der Waals surface area contributed by atoms with Crippen LogP contribution in [0, 0.1) is 5.92 Å². The van der Waals surface area contributed by atoms with Crippen molar-refractivity contribution in [3.63, 3.8) is 0 Å². The second kappa shape index (κ2) is 10.0. The van der Waals surface area contributed by atoms with E-state index in [4.69, 9.17) is 16.1 Å². The SMILES string of the molecule is CC(C)CC(NC(=O)CCc1nc(-c2ccc(Cl)cc2)no1)C(=O)Nc1ccn[nH]1. The van der Waals surface area contributed by atoms with Crippen LogP contribution in [0.2, 0.25) is 5.02 Å². The van der Waals surface area contributed by atoms with Crippen LogP contribution in [0.3, 0.4) is 0 Å². The first-order valence-electron chi connectivity index (χ1n) is 9.59. The van der Waals surface area contributed by atoms with Gasteiger partial charge in [-0.15, -0.1) is 0 Å². The number of benzene rings is 1. The molecule has 2 heterocycles. The van der Waals surface area contributed by atoms with Gasteiger partial charge in [0.1, 0.15) is 11.9 Å². The lowest BCUT2D eigenvalue weighted by Gasteiger charge is -2.19. The molecule has 1 atom stereocenters. The Bertz CT molecular complexity index is 969. The maximum Gasteiger partial charge on any atom is 0.248 e. The lowest BCUT2D eigenvalue weighted by molar-refractivity contribution is -0.126. The highest BCUT2D eigenvalue weighted by atomic mass is 35.5. The maximum atomic E-state index is 12.5. The van der Waals surface area contributed by atoms with Crippen LogP contribution in [0.1, 0.15) is 32.6 Å². The largest absolute Gasteiger partial charge is 0.344 e. The first kappa shape index (κ1) is 21.5. The number of aromatic amines is 1. The zero-order valence-corrected chi connectivity index (χ0v) is 17.4. The van der Waals surface area contributed by atoms with Gasteiger partial charge in [-0.2, -0.15) is 10.1 Å². The van der Waals surface area contributed by atoms with Crippen molar-refractivity contribution in [1.82, 2.24) is 25.7 Å². The fourth-order valence-electron chi connectivity index (χ4n) is 2.81. The molecule has 30 heavy (non-hydrogen) atoms. The van der Waals surface area contributed by atoms with Gasteiger partial charge in [0.25, 0.3) is 0 Å². The summed E-state index contributed by atoms with van der Waals surface area (Å²) >= 11 is 5.88. The van der Waals surface area contributed by atoms with Crippen LogP contribution in [0.5, 0.6) is 0 Å². The van der Waals surface area contributed by atoms with E-state index in [0.29, 0.717) is 29.0 Å². The molecule has 1 aromatic carbocycles. The number of carbonyl (C=O) groups excluding carboxylic acids is 2. The van der Waals surface area contributed by atoms with Crippen molar-refractivity contribution in [2.75, 3.05) is 5.32 Å². The van der Waals surface area contributed by atoms with Crippen molar-refractivity contribution in [3.05, 3.63) is 47.4 Å². The molecule has 9 nitrogen and oxygen atoms in total. The Hall–Kier alpha value is -3.20. The summed E-state index contributed by atoms with van der Waals surface area (Å²) in [7, 11) is 0. The molecule has 0 aliphatic heterocycles. The minimum atomic E-state index is -0.659. The van der Waals surface area contributed by atoms with E-state index in [0.717, 1.165) is 5.56 Å². The van der Waals surface area contributed by atoms with Crippen LogP contribution in [-0.4, -0.2) is 38.2 Å². The fraction of sp³-hybridized carbons (Fsp3) is 0.350. The van der Waals surface area contributed by atoms with Crippen LogP contribution >= 0.6 is 11.6 Å². The number of aryl methyl sites for hydroxylation is 1. The molecule has 0 bridgehead atoms. The van der Waals surface area contributed by atoms with Crippen LogP contribution in [0.15, 0.2) is 41.1 Å². The summed E-state index contributed by atoms with van der Waals surface area (Å²) in [6, 6.07) is 8.04. The number of hydrogen-bond acceptors (Lipinski definition) is 6. The number of rotatable bonds is 9. The molecular formula is C20H23ClN6O3. The van der Waals surface area contributed by atoms with Gasteiger partial charge in [-0.3, -0.25) is 14.7 Å². The molecule has 2 amide bonds. The molecule has 158 valence electrons. The third-order valence-corrected chi connectivity index (χ3v) is 4.51. The van der Waals surface area contributed by atoms with Gasteiger partial charge in [0.05, 0.1) is 6.20 Å². The van der Waals surface area contributed by atoms with Crippen molar-refractivity contribution in [3.8, 4) is 11.4 Å². The van der Waals surface area contributed by atoms with E-state index in [2.05, 4.69) is 31.0 Å². The fourth-order valence-corrected chi connectivity index (χ4v) is 2.93. The van der Waals surface area contributed by atoms with E-state index >= 15 is 0 Å². The van der Waals surface area contributed by atoms with Gasteiger partial charge in [0.15, 0.2) is 0 Å². The summed E-state index contributed by atoms with van der Waals surface area (Å²) < 4.78 is 5.22. The Labute approximate surface area is 178 Å². The molecule has 0 spiro atoms. The standard InChI is InChI=1S/C20H23ClN6O3/c1-12(2)11-15(20(29)24-16-9-10-22-26-16)23-17(28)7-8-18-25-19(27-30-18)13-3-5-14(21)6-4-13/h3-6,9-10,12,15H,7-8,11H2,1-2H3,(H,23,28)(H2,22,24,26,29). The lowest BCUT2D eigenvalue weighted by atomic mass is 10.0. The Morgan fingerprint density at radius 1 is 1.20 bits per heavy atom. The highest BCUT2D eigenvalue weighted by molar-refractivity contribution is 6.30. The zero-order valence-electron chi connectivity index (χ0n) is 16.7. The van der Waals surface area contributed by atoms with Gasteiger partial charge < -0.3 is 15.2 Å². The average molecular weight is 431 g/mol. The number of nitrogens with one attached hydrogen (secondary N) is 3. The second-order valence-corrected chi connectivity index (χ2v) is 7.66. The predicted molar refractivity (Wildman–Crippen MR) is 112 cm³/mol. The quantitative estimate of drug-likeness (QED) is 0.478. The minimum Gasteiger partial charge on any atom is -0.344 e. The van der Waals surface area contributed by atoms with E-state index in [1.54, 1.807) is 30.3 Å². The van der Waals surface area contributed by atoms with Gasteiger partial charge >= 0.3 is 0 Å². The second-order valence-electron chi connectivity index (χ2n) is 7.23. The molecule has 0 radical (unpaired) electrons. The van der Waals surface area contributed by atoms with Crippen molar-refractivity contribution in [2.24, 2.45) is 5.92 Å². The molecule has 2 aromatic heterocycles. The first-order chi connectivity index (χ1) is 14.4. The average Bonchev–Trinajstić information content (AvgIpc) is 3.38. The normalized spacial score (nSPS) is 12.0. The topological polar surface area (TPSA) is 126 Å². The molecule has 3 N–H and O–H groups in total. The molecule has 3 rings (SSSR count). The van der Waals surface area contributed by atoms with Gasteiger partial charge in [-0.25, -0.2) is 0 Å². The summed E-state index contributed by atoms with van der Waals surface area (Å²) in [4.78, 5) is 29.2. The van der Waals surface area contributed by atoms with Gasteiger partial charge in [0, 0.05) is 29.5 Å². The van der Waals surface area contributed by atoms with Crippen LogP contribution in [-0.2, 0) is 16.0 Å². The highest BCUT2D eigenvalue weighted by Crippen LogP contribution is 2.19. The van der Waals surface area contributed by atoms with Crippen molar-refractivity contribution in [2.45, 2.75) is 39.2 Å². The molecule has 10 heteroatoms. The highest BCUT2D eigenvalue weighted by Gasteiger charge is 2.22. The summed E-state index contributed by atoms with van der Waals surface area (Å²) in [5, 5.41) is 16.5. The Kier molecular flexibility index (Phi) is 7.18. The van der Waals surface area contributed by atoms with Gasteiger partial charge in [0.2, 0.25) is 23.5 Å². The van der Waals surface area contributed by atoms with Crippen LogP contribution in [0.25, 0.3) is 11.4 Å². The third kappa shape index (κ3) is 6.15. The molecule has 0 aliphatic rings. The maximum absolute atomic E-state index is 12.5. The Balaban J connectivity index is 1.55. The molecule has 0 aliphatic carbocycles. The third-order valence-electron chi connectivity index (χ3n) is 4.25. The smallest absolute Gasteiger partial charge is 0.248 e. The van der Waals surface area contributed by atoms with Crippen molar-refractivity contribution < 1.29 is 14.1 Å². The van der Waals surface area contributed by atoms with E-state index in [9.17, 15) is 9.59 Å². The Morgan fingerprint density at radius 2 is 1.97 bits per heavy atom. The minimum absolute atomic E-state index is 0.119. The molecule has 1 unspecified atom stereocenters. The summed E-state index contributed by atoms with van der Waals surface area (Å²) in [6.07, 6.45) is 2.43. The first-order valence-corrected chi connectivity index (χ1v) is 9.96. The number of halogens is 1. The van der Waals surface area contributed by atoms with Crippen LogP contribution in [0.4, 0.5) is 5.82 Å². The van der Waals surface area contributed by atoms with Crippen molar-refractivity contribution in [1.29, 1.82) is 0 Å².